The van der Waals surface area contributed by atoms with Crippen LogP contribution in [0, 0.1) is 5.92 Å². The molecule has 0 bridgehead atoms. The summed E-state index contributed by atoms with van der Waals surface area (Å²) in [5.41, 5.74) is -0.0675. The van der Waals surface area contributed by atoms with Crippen LogP contribution in [0.1, 0.15) is 40.5 Å². The van der Waals surface area contributed by atoms with Crippen LogP contribution in [0.25, 0.3) is 10.8 Å². The zero-order valence-electron chi connectivity index (χ0n) is 15.9. The fourth-order valence-electron chi connectivity index (χ4n) is 3.14. The summed E-state index contributed by atoms with van der Waals surface area (Å²) in [6.45, 7) is 8.70. The molecule has 1 amide bonds. The fraction of sp³-hybridized carbons (Fsp3) is 0.476. The molecule has 0 unspecified atom stereocenters. The molecule has 0 saturated heterocycles. The van der Waals surface area contributed by atoms with Gasteiger partial charge in [-0.2, -0.15) is 0 Å². The van der Waals surface area contributed by atoms with Gasteiger partial charge in [-0.3, -0.25) is 4.79 Å². The van der Waals surface area contributed by atoms with Crippen molar-refractivity contribution in [2.45, 2.75) is 46.1 Å². The Labute approximate surface area is 150 Å². The normalized spacial score (nSPS) is 13.7. The molecule has 2 rings (SSSR count). The predicted octanol–water partition coefficient (Wildman–Crippen LogP) is 5.02. The lowest BCUT2D eigenvalue weighted by molar-refractivity contribution is -0.141. The number of rotatable bonds is 8. The molecule has 0 radical (unpaired) electrons. The van der Waals surface area contributed by atoms with E-state index in [1.807, 2.05) is 50.2 Å². The number of methoxy groups -OCH3 is 1. The highest BCUT2D eigenvalue weighted by Crippen LogP contribution is 2.32. The second-order valence-corrected chi connectivity index (χ2v) is 6.99. The number of amides is 1. The van der Waals surface area contributed by atoms with Crippen molar-refractivity contribution in [2.24, 2.45) is 5.92 Å². The van der Waals surface area contributed by atoms with Crippen LogP contribution in [-0.4, -0.2) is 25.2 Å². The summed E-state index contributed by atoms with van der Waals surface area (Å²) in [6, 6.07) is 11.7. The Hall–Kier alpha value is -2.07. The van der Waals surface area contributed by atoms with Gasteiger partial charge in [-0.15, -0.1) is 0 Å². The summed E-state index contributed by atoms with van der Waals surface area (Å²) in [4.78, 5) is 13.0. The number of fused-ring (bicyclic) bond motifs is 1. The van der Waals surface area contributed by atoms with E-state index in [2.05, 4.69) is 19.2 Å². The lowest BCUT2D eigenvalue weighted by Crippen LogP contribution is -2.44. The Bertz CT molecular complexity index is 726. The highest BCUT2D eigenvalue weighted by molar-refractivity contribution is 6.06. The first-order chi connectivity index (χ1) is 11.9. The van der Waals surface area contributed by atoms with Crippen LogP contribution >= 0.6 is 0 Å². The van der Waals surface area contributed by atoms with Gasteiger partial charge in [-0.25, -0.2) is 0 Å². The van der Waals surface area contributed by atoms with Gasteiger partial charge in [-0.1, -0.05) is 45.0 Å². The summed E-state index contributed by atoms with van der Waals surface area (Å²) in [5.74, 6) is 1.05. The van der Waals surface area contributed by atoms with Crippen LogP contribution < -0.4 is 10.1 Å². The minimum absolute atomic E-state index is 0.107. The zero-order valence-corrected chi connectivity index (χ0v) is 15.9. The molecule has 0 heterocycles. The minimum atomic E-state index is -0.842. The van der Waals surface area contributed by atoms with Crippen molar-refractivity contribution in [1.29, 1.82) is 0 Å². The molecule has 1 atom stereocenters. The minimum Gasteiger partial charge on any atom is -0.496 e. The summed E-state index contributed by atoms with van der Waals surface area (Å²) in [7, 11) is 1.65. The van der Waals surface area contributed by atoms with Crippen molar-refractivity contribution >= 4 is 22.4 Å². The van der Waals surface area contributed by atoms with E-state index in [9.17, 15) is 4.79 Å². The van der Waals surface area contributed by atoms with E-state index in [1.54, 1.807) is 7.11 Å². The van der Waals surface area contributed by atoms with Crippen molar-refractivity contribution in [2.75, 3.05) is 19.0 Å². The smallest absolute Gasteiger partial charge is 0.256 e. The predicted molar refractivity (Wildman–Crippen MR) is 103 cm³/mol. The quantitative estimate of drug-likeness (QED) is 0.732. The summed E-state index contributed by atoms with van der Waals surface area (Å²) in [5, 5.41) is 5.00. The summed E-state index contributed by atoms with van der Waals surface area (Å²) >= 11 is 0. The van der Waals surface area contributed by atoms with E-state index < -0.39 is 5.60 Å². The van der Waals surface area contributed by atoms with Gasteiger partial charge in [-0.05, 0) is 37.8 Å². The molecular formula is C21H29NO3. The van der Waals surface area contributed by atoms with Crippen molar-refractivity contribution < 1.29 is 14.3 Å². The number of hydrogen-bond acceptors (Lipinski definition) is 3. The van der Waals surface area contributed by atoms with E-state index in [1.165, 1.54) is 0 Å². The molecule has 1 N–H and O–H groups in total. The average Bonchev–Trinajstić information content (AvgIpc) is 2.59. The van der Waals surface area contributed by atoms with E-state index in [0.29, 0.717) is 18.9 Å². The highest BCUT2D eigenvalue weighted by atomic mass is 16.5. The summed E-state index contributed by atoms with van der Waals surface area (Å²) in [6.07, 6.45) is 1.55. The second-order valence-electron chi connectivity index (χ2n) is 6.99. The molecule has 0 aromatic heterocycles. The number of hydrogen-bond donors (Lipinski definition) is 1. The summed E-state index contributed by atoms with van der Waals surface area (Å²) < 4.78 is 11.4. The number of carbonyl (C=O) groups is 1. The Kier molecular flexibility index (Phi) is 6.43. The van der Waals surface area contributed by atoms with E-state index in [0.717, 1.165) is 28.6 Å². The molecule has 4 heteroatoms. The molecule has 2 aromatic carbocycles. The Morgan fingerprint density at radius 3 is 2.44 bits per heavy atom. The van der Waals surface area contributed by atoms with Gasteiger partial charge in [0.1, 0.15) is 11.4 Å². The van der Waals surface area contributed by atoms with Crippen molar-refractivity contribution in [1.82, 2.24) is 0 Å². The van der Waals surface area contributed by atoms with Crippen LogP contribution in [-0.2, 0) is 9.53 Å². The maximum Gasteiger partial charge on any atom is 0.256 e. The van der Waals surface area contributed by atoms with Crippen molar-refractivity contribution in [3.8, 4) is 5.75 Å². The van der Waals surface area contributed by atoms with E-state index in [-0.39, 0.29) is 5.91 Å². The molecule has 0 fully saturated rings. The molecule has 0 aliphatic rings. The van der Waals surface area contributed by atoms with Crippen LogP contribution in [0.4, 0.5) is 5.69 Å². The van der Waals surface area contributed by atoms with E-state index in [4.69, 9.17) is 9.47 Å². The van der Waals surface area contributed by atoms with Gasteiger partial charge in [0, 0.05) is 23.1 Å². The first-order valence-corrected chi connectivity index (χ1v) is 8.92. The highest BCUT2D eigenvalue weighted by Gasteiger charge is 2.35. The second kappa shape index (κ2) is 8.34. The molecule has 0 saturated carbocycles. The lowest BCUT2D eigenvalue weighted by atomic mass is 9.92. The molecule has 136 valence electrons. The molecule has 0 aliphatic carbocycles. The average molecular weight is 343 g/mol. The first kappa shape index (κ1) is 19.3. The third-order valence-corrected chi connectivity index (χ3v) is 4.26. The van der Waals surface area contributed by atoms with Crippen LogP contribution in [0.15, 0.2) is 36.4 Å². The SMILES string of the molecule is CCCO[C@@](C)(CC(C)C)C(=O)Nc1ccc(OC)c2ccccc12. The number of anilines is 1. The van der Waals surface area contributed by atoms with Crippen LogP contribution in [0.5, 0.6) is 5.75 Å². The molecular weight excluding hydrogens is 314 g/mol. The Morgan fingerprint density at radius 2 is 1.84 bits per heavy atom. The molecule has 0 aliphatic heterocycles. The maximum absolute atomic E-state index is 13.0. The topological polar surface area (TPSA) is 47.6 Å². The monoisotopic (exact) mass is 343 g/mol. The lowest BCUT2D eigenvalue weighted by Gasteiger charge is -2.30. The molecule has 0 spiro atoms. The third kappa shape index (κ3) is 4.51. The molecule has 2 aromatic rings. The van der Waals surface area contributed by atoms with Crippen molar-refractivity contribution in [3.05, 3.63) is 36.4 Å². The van der Waals surface area contributed by atoms with Gasteiger partial charge < -0.3 is 14.8 Å². The maximum atomic E-state index is 13.0. The van der Waals surface area contributed by atoms with Crippen LogP contribution in [0.2, 0.25) is 0 Å². The number of carbonyl (C=O) groups excluding carboxylic acids is 1. The number of benzene rings is 2. The Balaban J connectivity index is 2.33. The largest absolute Gasteiger partial charge is 0.496 e. The standard InChI is InChI=1S/C21H29NO3/c1-6-13-25-21(4,14-15(2)3)20(23)22-18-11-12-19(24-5)17-10-8-7-9-16(17)18/h7-12,15H,6,13-14H2,1-5H3,(H,22,23)/t21-/m0/s1. The van der Waals surface area contributed by atoms with Crippen LogP contribution in [0.3, 0.4) is 0 Å². The number of nitrogens with one attached hydrogen (secondary N) is 1. The molecule has 4 nitrogen and oxygen atoms in total. The molecule has 25 heavy (non-hydrogen) atoms. The van der Waals surface area contributed by atoms with Gasteiger partial charge in [0.15, 0.2) is 0 Å². The van der Waals surface area contributed by atoms with Gasteiger partial charge in [0.25, 0.3) is 5.91 Å². The Morgan fingerprint density at radius 1 is 1.16 bits per heavy atom. The number of ether oxygens (including phenoxy) is 2. The van der Waals surface area contributed by atoms with Gasteiger partial charge >= 0.3 is 0 Å². The third-order valence-electron chi connectivity index (χ3n) is 4.26. The van der Waals surface area contributed by atoms with E-state index >= 15 is 0 Å². The van der Waals surface area contributed by atoms with Gasteiger partial charge in [0.2, 0.25) is 0 Å². The van der Waals surface area contributed by atoms with Gasteiger partial charge in [0.05, 0.1) is 7.11 Å². The van der Waals surface area contributed by atoms with Crippen molar-refractivity contribution in [3.63, 3.8) is 0 Å². The zero-order chi connectivity index (χ0) is 18.4. The fourth-order valence-corrected chi connectivity index (χ4v) is 3.14. The first-order valence-electron chi connectivity index (χ1n) is 8.92.